The molecule has 1 aliphatic heterocycles. The van der Waals surface area contributed by atoms with Crippen LogP contribution in [-0.2, 0) is 16.1 Å². The molecule has 1 aliphatic rings. The van der Waals surface area contributed by atoms with Crippen molar-refractivity contribution in [2.75, 3.05) is 24.5 Å². The molecule has 1 aromatic carbocycles. The second kappa shape index (κ2) is 5.53. The van der Waals surface area contributed by atoms with E-state index in [1.165, 1.54) is 6.92 Å². The van der Waals surface area contributed by atoms with Crippen molar-refractivity contribution in [2.24, 2.45) is 0 Å². The van der Waals surface area contributed by atoms with Crippen molar-refractivity contribution < 1.29 is 9.59 Å². The third-order valence-electron chi connectivity index (χ3n) is 2.88. The Morgan fingerprint density at radius 3 is 2.72 bits per heavy atom. The first kappa shape index (κ1) is 12.4. The van der Waals surface area contributed by atoms with Gasteiger partial charge in [0, 0.05) is 32.2 Å². The highest BCUT2D eigenvalue weighted by molar-refractivity contribution is 5.82. The second-order valence-electron chi connectivity index (χ2n) is 4.35. The Balaban J connectivity index is 1.98. The van der Waals surface area contributed by atoms with Gasteiger partial charge in [-0.1, -0.05) is 12.1 Å². The molecule has 18 heavy (non-hydrogen) atoms. The molecule has 5 heteroatoms. The summed E-state index contributed by atoms with van der Waals surface area (Å²) in [6, 6.07) is 7.90. The molecule has 0 radical (unpaired) electrons. The maximum atomic E-state index is 11.3. The molecule has 0 aromatic heterocycles. The van der Waals surface area contributed by atoms with Crippen LogP contribution in [0.4, 0.5) is 5.69 Å². The highest BCUT2D eigenvalue weighted by Crippen LogP contribution is 2.15. The minimum atomic E-state index is -0.0354. The van der Waals surface area contributed by atoms with Gasteiger partial charge in [-0.05, 0) is 17.7 Å². The predicted molar refractivity (Wildman–Crippen MR) is 69.2 cm³/mol. The lowest BCUT2D eigenvalue weighted by atomic mass is 10.2. The first-order valence-corrected chi connectivity index (χ1v) is 6.00. The fraction of sp³-hybridized carbons (Fsp3) is 0.385. The van der Waals surface area contributed by atoms with E-state index in [2.05, 4.69) is 10.6 Å². The summed E-state index contributed by atoms with van der Waals surface area (Å²) in [4.78, 5) is 24.1. The number of piperazine rings is 1. The van der Waals surface area contributed by atoms with E-state index in [0.717, 1.165) is 17.8 Å². The number of benzene rings is 1. The monoisotopic (exact) mass is 247 g/mol. The largest absolute Gasteiger partial charge is 0.360 e. The van der Waals surface area contributed by atoms with Gasteiger partial charge in [0.25, 0.3) is 0 Å². The van der Waals surface area contributed by atoms with E-state index < -0.39 is 0 Å². The summed E-state index contributed by atoms with van der Waals surface area (Å²) in [5.74, 6) is 0.0235. The summed E-state index contributed by atoms with van der Waals surface area (Å²) in [6.45, 7) is 3.96. The lowest BCUT2D eigenvalue weighted by Crippen LogP contribution is -2.47. The highest BCUT2D eigenvalue weighted by atomic mass is 16.2. The normalized spacial score (nSPS) is 15.2. The lowest BCUT2D eigenvalue weighted by molar-refractivity contribution is -0.120. The van der Waals surface area contributed by atoms with Crippen LogP contribution >= 0.6 is 0 Å². The summed E-state index contributed by atoms with van der Waals surface area (Å²) < 4.78 is 0. The van der Waals surface area contributed by atoms with Crippen LogP contribution in [0.2, 0.25) is 0 Å². The predicted octanol–water partition coefficient (Wildman–Crippen LogP) is 0.259. The van der Waals surface area contributed by atoms with E-state index in [4.69, 9.17) is 0 Å². The van der Waals surface area contributed by atoms with Crippen molar-refractivity contribution in [3.05, 3.63) is 29.8 Å². The number of amides is 2. The number of carbonyl (C=O) groups is 2. The molecule has 2 rings (SSSR count). The number of hydrogen-bond donors (Lipinski definition) is 2. The Hall–Kier alpha value is -2.04. The molecule has 1 heterocycles. The Morgan fingerprint density at radius 2 is 2.11 bits per heavy atom. The van der Waals surface area contributed by atoms with Gasteiger partial charge in [-0.25, -0.2) is 0 Å². The third kappa shape index (κ3) is 3.23. The van der Waals surface area contributed by atoms with Crippen molar-refractivity contribution >= 4 is 17.5 Å². The Bertz CT molecular complexity index is 442. The second-order valence-corrected chi connectivity index (χ2v) is 4.35. The summed E-state index contributed by atoms with van der Waals surface area (Å²) >= 11 is 0. The van der Waals surface area contributed by atoms with Gasteiger partial charge in [-0.15, -0.1) is 0 Å². The first-order valence-electron chi connectivity index (χ1n) is 6.00. The number of nitrogens with one attached hydrogen (secondary N) is 2. The van der Waals surface area contributed by atoms with Gasteiger partial charge >= 0.3 is 0 Å². The first-order chi connectivity index (χ1) is 8.65. The molecule has 1 saturated heterocycles. The summed E-state index contributed by atoms with van der Waals surface area (Å²) in [5.41, 5.74) is 2.09. The number of anilines is 1. The number of nitrogens with zero attached hydrogens (tertiary/aromatic N) is 1. The van der Waals surface area contributed by atoms with Crippen molar-refractivity contribution in [3.63, 3.8) is 0 Å². The van der Waals surface area contributed by atoms with Crippen LogP contribution in [0.25, 0.3) is 0 Å². The van der Waals surface area contributed by atoms with Crippen LogP contribution in [0.1, 0.15) is 12.5 Å². The minimum absolute atomic E-state index is 0.0354. The van der Waals surface area contributed by atoms with Gasteiger partial charge in [0.2, 0.25) is 11.8 Å². The highest BCUT2D eigenvalue weighted by Gasteiger charge is 2.15. The fourth-order valence-corrected chi connectivity index (χ4v) is 1.91. The molecule has 0 spiro atoms. The van der Waals surface area contributed by atoms with Crippen molar-refractivity contribution in [1.29, 1.82) is 0 Å². The van der Waals surface area contributed by atoms with Crippen LogP contribution in [-0.4, -0.2) is 31.4 Å². The summed E-state index contributed by atoms with van der Waals surface area (Å²) in [7, 11) is 0. The van der Waals surface area contributed by atoms with Crippen molar-refractivity contribution in [3.8, 4) is 0 Å². The maximum Gasteiger partial charge on any atom is 0.239 e. The zero-order valence-corrected chi connectivity index (χ0v) is 10.4. The maximum absolute atomic E-state index is 11.3. The molecule has 1 fully saturated rings. The number of rotatable bonds is 3. The van der Waals surface area contributed by atoms with Gasteiger partial charge in [0.1, 0.15) is 0 Å². The van der Waals surface area contributed by atoms with Gasteiger partial charge in [-0.2, -0.15) is 0 Å². The van der Waals surface area contributed by atoms with E-state index in [9.17, 15) is 9.59 Å². The average molecular weight is 247 g/mol. The number of carbonyl (C=O) groups excluding carboxylic acids is 2. The van der Waals surface area contributed by atoms with Crippen LogP contribution in [0.5, 0.6) is 0 Å². The van der Waals surface area contributed by atoms with Crippen LogP contribution < -0.4 is 15.5 Å². The van der Waals surface area contributed by atoms with E-state index in [1.54, 1.807) is 0 Å². The Kier molecular flexibility index (Phi) is 3.82. The molecule has 5 nitrogen and oxygen atoms in total. The summed E-state index contributed by atoms with van der Waals surface area (Å²) in [6.07, 6.45) is 0. The number of hydrogen-bond acceptors (Lipinski definition) is 3. The molecular formula is C13H17N3O2. The molecule has 1 aromatic rings. The zero-order valence-electron chi connectivity index (χ0n) is 10.4. The third-order valence-corrected chi connectivity index (χ3v) is 2.88. The molecule has 0 atom stereocenters. The van der Waals surface area contributed by atoms with E-state index >= 15 is 0 Å². The van der Waals surface area contributed by atoms with E-state index in [1.807, 2.05) is 29.2 Å². The molecule has 96 valence electrons. The molecule has 0 saturated carbocycles. The Labute approximate surface area is 106 Å². The standard InChI is InChI=1S/C13H17N3O2/c1-10(17)15-8-11-2-4-12(5-3-11)16-7-6-14-13(18)9-16/h2-5H,6-9H2,1H3,(H,14,18)(H,15,17). The zero-order chi connectivity index (χ0) is 13.0. The van der Waals surface area contributed by atoms with Crippen molar-refractivity contribution in [1.82, 2.24) is 10.6 Å². The van der Waals surface area contributed by atoms with Crippen LogP contribution in [0.15, 0.2) is 24.3 Å². The lowest BCUT2D eigenvalue weighted by Gasteiger charge is -2.28. The van der Waals surface area contributed by atoms with E-state index in [0.29, 0.717) is 19.6 Å². The van der Waals surface area contributed by atoms with Gasteiger partial charge < -0.3 is 15.5 Å². The van der Waals surface area contributed by atoms with Gasteiger partial charge in [0.15, 0.2) is 0 Å². The molecule has 0 aliphatic carbocycles. The van der Waals surface area contributed by atoms with Crippen LogP contribution in [0.3, 0.4) is 0 Å². The quantitative estimate of drug-likeness (QED) is 0.805. The molecule has 2 N–H and O–H groups in total. The van der Waals surface area contributed by atoms with E-state index in [-0.39, 0.29) is 11.8 Å². The SMILES string of the molecule is CC(=O)NCc1ccc(N2CCNC(=O)C2)cc1. The molecule has 0 bridgehead atoms. The minimum Gasteiger partial charge on any atom is -0.360 e. The van der Waals surface area contributed by atoms with Crippen LogP contribution in [0, 0.1) is 0 Å². The summed E-state index contributed by atoms with van der Waals surface area (Å²) in [5, 5.41) is 5.55. The molecule has 0 unspecified atom stereocenters. The van der Waals surface area contributed by atoms with Gasteiger partial charge in [-0.3, -0.25) is 9.59 Å². The fourth-order valence-electron chi connectivity index (χ4n) is 1.91. The molecule has 2 amide bonds. The Morgan fingerprint density at radius 1 is 1.39 bits per heavy atom. The molecular weight excluding hydrogens is 230 g/mol. The van der Waals surface area contributed by atoms with Gasteiger partial charge in [0.05, 0.1) is 6.54 Å². The smallest absolute Gasteiger partial charge is 0.239 e. The van der Waals surface area contributed by atoms with Crippen molar-refractivity contribution in [2.45, 2.75) is 13.5 Å². The topological polar surface area (TPSA) is 61.4 Å². The average Bonchev–Trinajstić information content (AvgIpc) is 2.37.